The number of hydrogen-bond acceptors (Lipinski definition) is 2. The maximum absolute atomic E-state index is 12.8. The Labute approximate surface area is 132 Å². The van der Waals surface area contributed by atoms with Crippen LogP contribution in [0.1, 0.15) is 42.1 Å². The van der Waals surface area contributed by atoms with E-state index >= 15 is 0 Å². The summed E-state index contributed by atoms with van der Waals surface area (Å²) in [6.45, 7) is 7.85. The number of carbonyl (C=O) groups is 1. The SMILES string of the molecule is CCCN(CC1CCCNC1)C(=O)c1cc(Cl)ccc1C. The Kier molecular flexibility index (Phi) is 6.07. The third-order valence-corrected chi connectivity index (χ3v) is 4.32. The van der Waals surface area contributed by atoms with Crippen LogP contribution < -0.4 is 5.32 Å². The Balaban J connectivity index is 2.12. The molecule has 3 nitrogen and oxygen atoms in total. The van der Waals surface area contributed by atoms with Gasteiger partial charge in [-0.15, -0.1) is 0 Å². The van der Waals surface area contributed by atoms with Crippen molar-refractivity contribution in [3.63, 3.8) is 0 Å². The lowest BCUT2D eigenvalue weighted by Gasteiger charge is -2.30. The normalized spacial score (nSPS) is 18.5. The van der Waals surface area contributed by atoms with Gasteiger partial charge in [-0.2, -0.15) is 0 Å². The van der Waals surface area contributed by atoms with Crippen molar-refractivity contribution in [2.45, 2.75) is 33.1 Å². The minimum atomic E-state index is 0.113. The van der Waals surface area contributed by atoms with Crippen molar-refractivity contribution in [3.05, 3.63) is 34.3 Å². The highest BCUT2D eigenvalue weighted by Gasteiger charge is 2.22. The summed E-state index contributed by atoms with van der Waals surface area (Å²) >= 11 is 6.05. The van der Waals surface area contributed by atoms with Crippen molar-refractivity contribution in [1.82, 2.24) is 10.2 Å². The number of piperidine rings is 1. The van der Waals surface area contributed by atoms with E-state index in [9.17, 15) is 4.79 Å². The average Bonchev–Trinajstić information content (AvgIpc) is 2.49. The summed E-state index contributed by atoms with van der Waals surface area (Å²) in [5, 5.41) is 4.05. The monoisotopic (exact) mass is 308 g/mol. The molecular weight excluding hydrogens is 284 g/mol. The summed E-state index contributed by atoms with van der Waals surface area (Å²) in [6.07, 6.45) is 3.38. The third kappa shape index (κ3) is 4.45. The lowest BCUT2D eigenvalue weighted by Crippen LogP contribution is -2.41. The lowest BCUT2D eigenvalue weighted by molar-refractivity contribution is 0.0718. The summed E-state index contributed by atoms with van der Waals surface area (Å²) < 4.78 is 0. The van der Waals surface area contributed by atoms with Crippen molar-refractivity contribution in [3.8, 4) is 0 Å². The molecule has 116 valence electrons. The molecule has 1 aromatic rings. The van der Waals surface area contributed by atoms with Crippen LogP contribution in [0, 0.1) is 12.8 Å². The zero-order valence-electron chi connectivity index (χ0n) is 13.0. The lowest BCUT2D eigenvalue weighted by atomic mass is 9.98. The summed E-state index contributed by atoms with van der Waals surface area (Å²) in [6, 6.07) is 5.55. The number of amides is 1. The first-order valence-corrected chi connectivity index (χ1v) is 8.25. The molecule has 1 amide bonds. The predicted molar refractivity (Wildman–Crippen MR) is 88.0 cm³/mol. The molecule has 1 N–H and O–H groups in total. The van der Waals surface area contributed by atoms with E-state index in [0.717, 1.165) is 43.7 Å². The van der Waals surface area contributed by atoms with Gasteiger partial charge in [-0.1, -0.05) is 24.6 Å². The number of hydrogen-bond donors (Lipinski definition) is 1. The molecule has 0 saturated carbocycles. The maximum Gasteiger partial charge on any atom is 0.254 e. The quantitative estimate of drug-likeness (QED) is 0.903. The van der Waals surface area contributed by atoms with Crippen LogP contribution in [0.25, 0.3) is 0 Å². The van der Waals surface area contributed by atoms with Crippen LogP contribution in [0.2, 0.25) is 5.02 Å². The fraction of sp³-hybridized carbons (Fsp3) is 0.588. The second kappa shape index (κ2) is 7.81. The first kappa shape index (κ1) is 16.3. The van der Waals surface area contributed by atoms with Crippen molar-refractivity contribution in [1.29, 1.82) is 0 Å². The third-order valence-electron chi connectivity index (χ3n) is 4.09. The van der Waals surface area contributed by atoms with Crippen LogP contribution in [0.15, 0.2) is 18.2 Å². The fourth-order valence-corrected chi connectivity index (χ4v) is 3.10. The molecule has 21 heavy (non-hydrogen) atoms. The van der Waals surface area contributed by atoms with E-state index in [1.165, 1.54) is 12.8 Å². The first-order valence-electron chi connectivity index (χ1n) is 7.88. The molecule has 0 radical (unpaired) electrons. The summed E-state index contributed by atoms with van der Waals surface area (Å²) in [4.78, 5) is 14.8. The highest BCUT2D eigenvalue weighted by Crippen LogP contribution is 2.19. The zero-order chi connectivity index (χ0) is 15.2. The van der Waals surface area contributed by atoms with Crippen LogP contribution in [0.4, 0.5) is 0 Å². The minimum absolute atomic E-state index is 0.113. The van der Waals surface area contributed by atoms with E-state index in [2.05, 4.69) is 12.2 Å². The molecule has 0 bridgehead atoms. The highest BCUT2D eigenvalue weighted by atomic mass is 35.5. The average molecular weight is 309 g/mol. The van der Waals surface area contributed by atoms with E-state index in [-0.39, 0.29) is 5.91 Å². The van der Waals surface area contributed by atoms with Gasteiger partial charge in [0.15, 0.2) is 0 Å². The molecule has 1 atom stereocenters. The highest BCUT2D eigenvalue weighted by molar-refractivity contribution is 6.31. The molecule has 4 heteroatoms. The van der Waals surface area contributed by atoms with Gasteiger partial charge in [-0.25, -0.2) is 0 Å². The standard InChI is InChI=1S/C17H25ClN2O/c1-3-9-20(12-14-5-4-8-19-11-14)17(21)16-10-15(18)7-6-13(16)2/h6-7,10,14,19H,3-5,8-9,11-12H2,1-2H3. The summed E-state index contributed by atoms with van der Waals surface area (Å²) in [5.74, 6) is 0.677. The Morgan fingerprint density at radius 3 is 2.95 bits per heavy atom. The zero-order valence-corrected chi connectivity index (χ0v) is 13.7. The minimum Gasteiger partial charge on any atom is -0.338 e. The van der Waals surface area contributed by atoms with Gasteiger partial charge in [0.2, 0.25) is 0 Å². The number of nitrogens with zero attached hydrogens (tertiary/aromatic N) is 1. The fourth-order valence-electron chi connectivity index (χ4n) is 2.93. The molecule has 1 aromatic carbocycles. The molecule has 2 rings (SSSR count). The van der Waals surface area contributed by atoms with E-state index in [4.69, 9.17) is 11.6 Å². The number of halogens is 1. The maximum atomic E-state index is 12.8. The predicted octanol–water partition coefficient (Wildman–Crippen LogP) is 3.50. The molecule has 1 fully saturated rings. The number of aryl methyl sites for hydroxylation is 1. The van der Waals surface area contributed by atoms with Crippen LogP contribution in [0.3, 0.4) is 0 Å². The van der Waals surface area contributed by atoms with E-state index in [1.807, 2.05) is 24.0 Å². The van der Waals surface area contributed by atoms with Crippen molar-refractivity contribution < 1.29 is 4.79 Å². The molecule has 1 unspecified atom stereocenters. The van der Waals surface area contributed by atoms with Gasteiger partial charge < -0.3 is 10.2 Å². The van der Waals surface area contributed by atoms with Crippen LogP contribution in [-0.4, -0.2) is 37.0 Å². The molecule has 0 aliphatic carbocycles. The number of rotatable bonds is 5. The Hall–Kier alpha value is -1.06. The molecule has 1 aliphatic heterocycles. The van der Waals surface area contributed by atoms with Gasteiger partial charge in [0.1, 0.15) is 0 Å². The largest absolute Gasteiger partial charge is 0.338 e. The molecule has 0 aromatic heterocycles. The second-order valence-electron chi connectivity index (χ2n) is 5.92. The smallest absolute Gasteiger partial charge is 0.254 e. The van der Waals surface area contributed by atoms with E-state index < -0.39 is 0 Å². The van der Waals surface area contributed by atoms with Crippen molar-refractivity contribution in [2.24, 2.45) is 5.92 Å². The van der Waals surface area contributed by atoms with Crippen molar-refractivity contribution in [2.75, 3.05) is 26.2 Å². The molecule has 0 spiro atoms. The van der Waals surface area contributed by atoms with E-state index in [1.54, 1.807) is 6.07 Å². The molecule has 1 aliphatic rings. The molecular formula is C17H25ClN2O. The molecule has 1 heterocycles. The summed E-state index contributed by atoms with van der Waals surface area (Å²) in [5.41, 5.74) is 1.73. The van der Waals surface area contributed by atoms with Crippen molar-refractivity contribution >= 4 is 17.5 Å². The van der Waals surface area contributed by atoms with Gasteiger partial charge in [0.25, 0.3) is 5.91 Å². The Bertz CT molecular complexity index is 484. The second-order valence-corrected chi connectivity index (χ2v) is 6.36. The van der Waals surface area contributed by atoms with Crippen LogP contribution in [-0.2, 0) is 0 Å². The van der Waals surface area contributed by atoms with Gasteiger partial charge in [0.05, 0.1) is 0 Å². The van der Waals surface area contributed by atoms with Gasteiger partial charge in [-0.05, 0) is 62.9 Å². The molecule has 1 saturated heterocycles. The van der Waals surface area contributed by atoms with Gasteiger partial charge in [0, 0.05) is 23.7 Å². The van der Waals surface area contributed by atoms with Crippen LogP contribution in [0.5, 0.6) is 0 Å². The van der Waals surface area contributed by atoms with Gasteiger partial charge >= 0.3 is 0 Å². The Morgan fingerprint density at radius 1 is 1.48 bits per heavy atom. The Morgan fingerprint density at radius 2 is 2.29 bits per heavy atom. The topological polar surface area (TPSA) is 32.3 Å². The van der Waals surface area contributed by atoms with E-state index in [0.29, 0.717) is 10.9 Å². The summed E-state index contributed by atoms with van der Waals surface area (Å²) in [7, 11) is 0. The van der Waals surface area contributed by atoms with Crippen LogP contribution >= 0.6 is 11.6 Å². The number of benzene rings is 1. The number of carbonyl (C=O) groups excluding carboxylic acids is 1. The first-order chi connectivity index (χ1) is 10.1. The van der Waals surface area contributed by atoms with Gasteiger partial charge in [-0.3, -0.25) is 4.79 Å². The number of nitrogens with one attached hydrogen (secondary N) is 1.